The first-order valence-corrected chi connectivity index (χ1v) is 5.43. The third-order valence-electron chi connectivity index (χ3n) is 1.45. The minimum atomic E-state index is -4.92. The second-order valence-electron chi connectivity index (χ2n) is 2.62. The highest BCUT2D eigenvalue weighted by molar-refractivity contribution is 7.89. The molecule has 0 atom stereocenters. The van der Waals surface area contributed by atoms with Gasteiger partial charge in [0, 0.05) is 0 Å². The van der Waals surface area contributed by atoms with Crippen molar-refractivity contribution in [3.05, 3.63) is 37.1 Å². The van der Waals surface area contributed by atoms with E-state index in [0.717, 1.165) is 0 Å². The first kappa shape index (κ1) is 12.9. The molecule has 4 nitrogen and oxygen atoms in total. The van der Waals surface area contributed by atoms with Crippen LogP contribution in [0.4, 0.5) is 13.2 Å². The van der Waals surface area contributed by atoms with Crippen molar-refractivity contribution >= 4 is 10.0 Å². The molecule has 8 heteroatoms. The number of sulfonamides is 1. The molecular formula is C8H7F3NO3S. The molecule has 0 spiro atoms. The number of ether oxygens (including phenoxy) is 1. The van der Waals surface area contributed by atoms with Crippen LogP contribution < -0.4 is 4.72 Å². The molecule has 1 rings (SSSR count). The molecule has 0 saturated heterocycles. The van der Waals surface area contributed by atoms with Crippen molar-refractivity contribution in [1.82, 2.24) is 4.72 Å². The maximum Gasteiger partial charge on any atom is 0.524 e. The van der Waals surface area contributed by atoms with Crippen LogP contribution >= 0.6 is 0 Å². The monoisotopic (exact) mass is 254 g/mol. The molecule has 0 aliphatic rings. The van der Waals surface area contributed by atoms with Gasteiger partial charge in [-0.2, -0.15) is 4.72 Å². The van der Waals surface area contributed by atoms with Crippen LogP contribution in [0.1, 0.15) is 0 Å². The van der Waals surface area contributed by atoms with E-state index in [9.17, 15) is 21.6 Å². The average molecular weight is 254 g/mol. The maximum absolute atomic E-state index is 11.5. The van der Waals surface area contributed by atoms with E-state index in [1.54, 1.807) is 6.07 Å². The first-order valence-electron chi connectivity index (χ1n) is 3.95. The summed E-state index contributed by atoms with van der Waals surface area (Å²) >= 11 is 0. The number of hydrogen-bond donors (Lipinski definition) is 1. The van der Waals surface area contributed by atoms with Gasteiger partial charge in [-0.3, -0.25) is 4.74 Å². The molecule has 0 aromatic heterocycles. The zero-order chi connectivity index (χ0) is 12.2. The van der Waals surface area contributed by atoms with Crippen molar-refractivity contribution < 1.29 is 26.3 Å². The first-order chi connectivity index (χ1) is 7.31. The Balaban J connectivity index is 2.61. The molecule has 0 saturated carbocycles. The van der Waals surface area contributed by atoms with E-state index in [1.165, 1.54) is 29.0 Å². The van der Waals surface area contributed by atoms with Gasteiger partial charge < -0.3 is 0 Å². The van der Waals surface area contributed by atoms with Crippen LogP contribution in [0.25, 0.3) is 0 Å². The van der Waals surface area contributed by atoms with Crippen molar-refractivity contribution in [2.75, 3.05) is 0 Å². The van der Waals surface area contributed by atoms with Gasteiger partial charge in [-0.1, -0.05) is 18.2 Å². The summed E-state index contributed by atoms with van der Waals surface area (Å²) in [4.78, 5) is -0.156. The summed E-state index contributed by atoms with van der Waals surface area (Å²) < 4.78 is 62.0. The van der Waals surface area contributed by atoms with Crippen molar-refractivity contribution in [3.8, 4) is 0 Å². The lowest BCUT2D eigenvalue weighted by Crippen LogP contribution is -2.25. The average Bonchev–Trinajstić information content (AvgIpc) is 2.17. The highest BCUT2D eigenvalue weighted by atomic mass is 32.2. The Labute approximate surface area is 90.1 Å². The van der Waals surface area contributed by atoms with Gasteiger partial charge in [-0.15, -0.1) is 13.2 Å². The Kier molecular flexibility index (Phi) is 3.89. The number of rotatable bonds is 4. The quantitative estimate of drug-likeness (QED) is 0.888. The predicted octanol–water partition coefficient (Wildman–Crippen LogP) is 1.62. The summed E-state index contributed by atoms with van der Waals surface area (Å²) in [6, 6.07) is 6.95. The molecule has 0 aliphatic carbocycles. The molecule has 1 aromatic rings. The summed E-state index contributed by atoms with van der Waals surface area (Å²) in [5, 5.41) is 0. The predicted molar refractivity (Wildman–Crippen MR) is 48.2 cm³/mol. The van der Waals surface area contributed by atoms with E-state index in [0.29, 0.717) is 0 Å². The van der Waals surface area contributed by atoms with Gasteiger partial charge in [0.1, 0.15) is 0 Å². The van der Waals surface area contributed by atoms with Crippen LogP contribution in [-0.4, -0.2) is 14.8 Å². The molecule has 1 aromatic carbocycles. The minimum absolute atomic E-state index is 0.0255. The van der Waals surface area contributed by atoms with Crippen molar-refractivity contribution in [1.29, 1.82) is 0 Å². The van der Waals surface area contributed by atoms with Crippen molar-refractivity contribution in [2.24, 2.45) is 0 Å². The lowest BCUT2D eigenvalue weighted by Gasteiger charge is -2.08. The van der Waals surface area contributed by atoms with E-state index in [2.05, 4.69) is 4.74 Å². The standard InChI is InChI=1S/C8H7F3NO3S/c9-8(10,11)15-6-12-16(13,14)7-4-2-1-3-5-7/h1-6,12H. The number of halogens is 3. The van der Waals surface area contributed by atoms with Gasteiger partial charge in [0.25, 0.3) is 0 Å². The summed E-state index contributed by atoms with van der Waals surface area (Å²) in [5.74, 6) is 0. The van der Waals surface area contributed by atoms with E-state index in [4.69, 9.17) is 0 Å². The van der Waals surface area contributed by atoms with Gasteiger partial charge in [0.2, 0.25) is 10.0 Å². The van der Waals surface area contributed by atoms with Crippen LogP contribution in [0.3, 0.4) is 0 Å². The number of nitrogens with one attached hydrogen (secondary N) is 1. The molecule has 0 unspecified atom stereocenters. The van der Waals surface area contributed by atoms with Crippen LogP contribution in [-0.2, 0) is 14.8 Å². The Hall–Kier alpha value is -1.12. The van der Waals surface area contributed by atoms with Crippen molar-refractivity contribution in [2.45, 2.75) is 11.3 Å². The Bertz CT molecular complexity index is 430. The summed E-state index contributed by atoms with van der Waals surface area (Å²) in [6.07, 6.45) is -4.92. The molecule has 0 fully saturated rings. The van der Waals surface area contributed by atoms with E-state index in [-0.39, 0.29) is 11.6 Å². The largest absolute Gasteiger partial charge is 0.524 e. The third-order valence-corrected chi connectivity index (χ3v) is 2.75. The zero-order valence-corrected chi connectivity index (χ0v) is 8.55. The fourth-order valence-electron chi connectivity index (χ4n) is 0.822. The van der Waals surface area contributed by atoms with Gasteiger partial charge in [-0.05, 0) is 12.1 Å². The number of alkyl halides is 3. The molecule has 1 N–H and O–H groups in total. The zero-order valence-electron chi connectivity index (χ0n) is 7.73. The fraction of sp³-hybridized carbons (Fsp3) is 0.125. The van der Waals surface area contributed by atoms with Gasteiger partial charge in [0.05, 0.1) is 4.90 Å². The summed E-state index contributed by atoms with van der Waals surface area (Å²) in [5.41, 5.74) is 0. The topological polar surface area (TPSA) is 55.4 Å². The molecular weight excluding hydrogens is 247 g/mol. The fourth-order valence-corrected chi connectivity index (χ4v) is 1.65. The molecule has 0 heterocycles. The maximum atomic E-state index is 11.5. The highest BCUT2D eigenvalue weighted by Gasteiger charge is 2.30. The second kappa shape index (κ2) is 4.81. The normalized spacial score (nSPS) is 12.7. The number of hydrogen-bond acceptors (Lipinski definition) is 3. The number of benzene rings is 1. The molecule has 0 bridgehead atoms. The van der Waals surface area contributed by atoms with Crippen LogP contribution in [0, 0.1) is 6.73 Å². The third kappa shape index (κ3) is 4.17. The minimum Gasteiger partial charge on any atom is -0.268 e. The Morgan fingerprint density at radius 3 is 2.25 bits per heavy atom. The molecule has 0 aliphatic heterocycles. The van der Waals surface area contributed by atoms with E-state index in [1.807, 2.05) is 0 Å². The lowest BCUT2D eigenvalue weighted by atomic mass is 10.4. The molecule has 16 heavy (non-hydrogen) atoms. The second-order valence-corrected chi connectivity index (χ2v) is 4.33. The van der Waals surface area contributed by atoms with Crippen LogP contribution in [0.2, 0.25) is 0 Å². The Morgan fingerprint density at radius 2 is 1.75 bits per heavy atom. The SMILES string of the molecule is O=S(=O)(N[CH]OC(F)(F)F)c1ccccc1. The van der Waals surface area contributed by atoms with Gasteiger partial charge in [-0.25, -0.2) is 8.42 Å². The molecule has 89 valence electrons. The van der Waals surface area contributed by atoms with Crippen LogP contribution in [0.5, 0.6) is 0 Å². The van der Waals surface area contributed by atoms with E-state index >= 15 is 0 Å². The summed E-state index contributed by atoms with van der Waals surface area (Å²) in [6.45, 7) is -0.0255. The van der Waals surface area contributed by atoms with Gasteiger partial charge >= 0.3 is 6.36 Å². The van der Waals surface area contributed by atoms with Gasteiger partial charge in [0.15, 0.2) is 6.73 Å². The smallest absolute Gasteiger partial charge is 0.268 e. The molecule has 1 radical (unpaired) electrons. The molecule has 0 amide bonds. The Morgan fingerprint density at radius 1 is 1.19 bits per heavy atom. The van der Waals surface area contributed by atoms with E-state index < -0.39 is 16.4 Å². The lowest BCUT2D eigenvalue weighted by molar-refractivity contribution is -0.309. The summed E-state index contributed by atoms with van der Waals surface area (Å²) in [7, 11) is -4.01. The highest BCUT2D eigenvalue weighted by Crippen LogP contribution is 2.17. The van der Waals surface area contributed by atoms with Crippen LogP contribution in [0.15, 0.2) is 35.2 Å². The van der Waals surface area contributed by atoms with Crippen molar-refractivity contribution in [3.63, 3.8) is 0 Å².